The Morgan fingerprint density at radius 1 is 1.26 bits per heavy atom. The molecule has 0 fully saturated rings. The third-order valence-electron chi connectivity index (χ3n) is 3.86. The number of carbonyl (C=O) groups is 1. The Balaban J connectivity index is 1.90. The van der Waals surface area contributed by atoms with Gasteiger partial charge in [-0.3, -0.25) is 9.20 Å². The Kier molecular flexibility index (Phi) is 4.17. The Labute approximate surface area is 139 Å². The molecule has 23 heavy (non-hydrogen) atoms. The number of aromatic nitrogens is 3. The summed E-state index contributed by atoms with van der Waals surface area (Å²) in [7, 11) is 0. The maximum absolute atomic E-state index is 12.6. The third kappa shape index (κ3) is 2.86. The number of thiazole rings is 1. The molecule has 3 rings (SSSR count). The van der Waals surface area contributed by atoms with Crippen molar-refractivity contribution < 1.29 is 4.79 Å². The van der Waals surface area contributed by atoms with E-state index >= 15 is 0 Å². The van der Waals surface area contributed by atoms with E-state index in [0.29, 0.717) is 4.88 Å². The number of amides is 1. The zero-order chi connectivity index (χ0) is 16.6. The van der Waals surface area contributed by atoms with Crippen LogP contribution in [-0.4, -0.2) is 20.5 Å². The predicted molar refractivity (Wildman–Crippen MR) is 93.5 cm³/mol. The summed E-state index contributed by atoms with van der Waals surface area (Å²) in [5.74, 6) is 1.05. The lowest BCUT2D eigenvalue weighted by Crippen LogP contribution is -2.12. The van der Waals surface area contributed by atoms with Crippen LogP contribution < -0.4 is 5.32 Å². The zero-order valence-corrected chi connectivity index (χ0v) is 14.6. The minimum Gasteiger partial charge on any atom is -0.321 e. The van der Waals surface area contributed by atoms with Crippen LogP contribution in [0, 0.1) is 6.92 Å². The van der Waals surface area contributed by atoms with Crippen molar-refractivity contribution in [1.29, 1.82) is 0 Å². The average Bonchev–Trinajstić information content (AvgIpc) is 3.09. The Morgan fingerprint density at radius 2 is 1.96 bits per heavy atom. The molecule has 0 unspecified atom stereocenters. The SMILES string of the molecule is CCc1ccc(NC(=O)c2sc3nnc(C(C)C)n3c2C)cc1. The molecule has 1 aromatic carbocycles. The molecule has 1 N–H and O–H groups in total. The molecule has 3 aromatic rings. The molecule has 0 saturated heterocycles. The van der Waals surface area contributed by atoms with Gasteiger partial charge in [-0.2, -0.15) is 0 Å². The van der Waals surface area contributed by atoms with Crippen LogP contribution in [0.25, 0.3) is 4.96 Å². The van der Waals surface area contributed by atoms with Crippen LogP contribution in [0.15, 0.2) is 24.3 Å². The van der Waals surface area contributed by atoms with E-state index < -0.39 is 0 Å². The van der Waals surface area contributed by atoms with Gasteiger partial charge in [0.2, 0.25) is 4.96 Å². The highest BCUT2D eigenvalue weighted by Crippen LogP contribution is 2.26. The quantitative estimate of drug-likeness (QED) is 0.786. The number of hydrogen-bond acceptors (Lipinski definition) is 4. The lowest BCUT2D eigenvalue weighted by Gasteiger charge is -2.06. The highest BCUT2D eigenvalue weighted by molar-refractivity contribution is 7.19. The molecule has 0 atom stereocenters. The molecule has 0 aliphatic rings. The molecule has 2 heterocycles. The van der Waals surface area contributed by atoms with Crippen LogP contribution in [-0.2, 0) is 6.42 Å². The molecule has 0 spiro atoms. The van der Waals surface area contributed by atoms with Crippen molar-refractivity contribution in [1.82, 2.24) is 14.6 Å². The van der Waals surface area contributed by atoms with E-state index in [9.17, 15) is 4.79 Å². The van der Waals surface area contributed by atoms with E-state index in [4.69, 9.17) is 0 Å². The molecule has 120 valence electrons. The zero-order valence-electron chi connectivity index (χ0n) is 13.8. The van der Waals surface area contributed by atoms with Gasteiger partial charge in [0.1, 0.15) is 10.7 Å². The van der Waals surface area contributed by atoms with Crippen LogP contribution >= 0.6 is 11.3 Å². The maximum atomic E-state index is 12.6. The summed E-state index contributed by atoms with van der Waals surface area (Å²) in [4.78, 5) is 14.0. The first-order valence-electron chi connectivity index (χ1n) is 7.76. The highest BCUT2D eigenvalue weighted by atomic mass is 32.1. The number of hydrogen-bond donors (Lipinski definition) is 1. The first-order valence-corrected chi connectivity index (χ1v) is 8.57. The Bertz CT molecular complexity index is 845. The molecule has 0 bridgehead atoms. The van der Waals surface area contributed by atoms with Crippen molar-refractivity contribution in [3.05, 3.63) is 46.2 Å². The highest BCUT2D eigenvalue weighted by Gasteiger charge is 2.21. The van der Waals surface area contributed by atoms with Gasteiger partial charge in [0.15, 0.2) is 0 Å². The van der Waals surface area contributed by atoms with Gasteiger partial charge in [0.05, 0.1) is 0 Å². The monoisotopic (exact) mass is 328 g/mol. The average molecular weight is 328 g/mol. The lowest BCUT2D eigenvalue weighted by atomic mass is 10.1. The first kappa shape index (κ1) is 15.7. The number of rotatable bonds is 4. The number of nitrogens with zero attached hydrogens (tertiary/aromatic N) is 3. The van der Waals surface area contributed by atoms with Gasteiger partial charge in [-0.15, -0.1) is 10.2 Å². The van der Waals surface area contributed by atoms with Gasteiger partial charge in [-0.25, -0.2) is 0 Å². The van der Waals surface area contributed by atoms with E-state index in [1.807, 2.05) is 35.6 Å². The summed E-state index contributed by atoms with van der Waals surface area (Å²) in [6.45, 7) is 8.19. The number of fused-ring (bicyclic) bond motifs is 1. The molecular formula is C17H20N4OS. The molecule has 2 aromatic heterocycles. The normalized spacial score (nSPS) is 11.3. The van der Waals surface area contributed by atoms with Crippen molar-refractivity contribution in [2.24, 2.45) is 0 Å². The minimum atomic E-state index is -0.100. The van der Waals surface area contributed by atoms with E-state index in [1.165, 1.54) is 16.9 Å². The molecule has 0 saturated carbocycles. The molecule has 0 aliphatic heterocycles. The van der Waals surface area contributed by atoms with Gasteiger partial charge in [0.25, 0.3) is 5.91 Å². The Morgan fingerprint density at radius 3 is 2.57 bits per heavy atom. The molecule has 0 radical (unpaired) electrons. The van der Waals surface area contributed by atoms with Gasteiger partial charge >= 0.3 is 0 Å². The summed E-state index contributed by atoms with van der Waals surface area (Å²) in [6, 6.07) is 7.94. The molecular weight excluding hydrogens is 308 g/mol. The second-order valence-corrected chi connectivity index (χ2v) is 6.83. The van der Waals surface area contributed by atoms with Crippen molar-refractivity contribution in [2.75, 3.05) is 5.32 Å². The van der Waals surface area contributed by atoms with Gasteiger partial charge in [-0.05, 0) is 31.0 Å². The van der Waals surface area contributed by atoms with Crippen LogP contribution in [0.2, 0.25) is 0 Å². The number of anilines is 1. The third-order valence-corrected chi connectivity index (χ3v) is 4.99. The Hall–Kier alpha value is -2.21. The predicted octanol–water partition coefficient (Wildman–Crippen LogP) is 4.04. The number of carbonyl (C=O) groups excluding carboxylic acids is 1. The second kappa shape index (κ2) is 6.12. The smallest absolute Gasteiger partial charge is 0.267 e. The van der Waals surface area contributed by atoms with Crippen LogP contribution in [0.4, 0.5) is 5.69 Å². The molecule has 0 aliphatic carbocycles. The van der Waals surface area contributed by atoms with Gasteiger partial charge < -0.3 is 5.32 Å². The van der Waals surface area contributed by atoms with Crippen molar-refractivity contribution in [3.63, 3.8) is 0 Å². The first-order chi connectivity index (χ1) is 11.0. The van der Waals surface area contributed by atoms with Crippen LogP contribution in [0.1, 0.15) is 53.4 Å². The molecule has 1 amide bonds. The summed E-state index contributed by atoms with van der Waals surface area (Å²) < 4.78 is 1.98. The van der Waals surface area contributed by atoms with Gasteiger partial charge in [0, 0.05) is 17.3 Å². The van der Waals surface area contributed by atoms with E-state index in [0.717, 1.165) is 28.6 Å². The standard InChI is InChI=1S/C17H20N4OS/c1-5-12-6-8-13(9-7-12)18-16(22)14-11(4)21-15(10(2)3)19-20-17(21)23-14/h6-10H,5H2,1-4H3,(H,18,22). The number of nitrogens with one attached hydrogen (secondary N) is 1. The number of aryl methyl sites for hydroxylation is 2. The summed E-state index contributed by atoms with van der Waals surface area (Å²) in [6.07, 6.45) is 0.987. The summed E-state index contributed by atoms with van der Waals surface area (Å²) in [5.41, 5.74) is 2.95. The fourth-order valence-electron chi connectivity index (χ4n) is 2.53. The van der Waals surface area contributed by atoms with E-state index in [1.54, 1.807) is 0 Å². The van der Waals surface area contributed by atoms with Gasteiger partial charge in [-0.1, -0.05) is 44.2 Å². The minimum absolute atomic E-state index is 0.100. The summed E-state index contributed by atoms with van der Waals surface area (Å²) >= 11 is 1.37. The summed E-state index contributed by atoms with van der Waals surface area (Å²) in [5, 5.41) is 11.4. The fourth-order valence-corrected chi connectivity index (χ4v) is 3.49. The van der Waals surface area contributed by atoms with Crippen molar-refractivity contribution in [2.45, 2.75) is 40.0 Å². The topological polar surface area (TPSA) is 59.3 Å². The second-order valence-electron chi connectivity index (χ2n) is 5.85. The number of benzene rings is 1. The molecule has 5 nitrogen and oxygen atoms in total. The largest absolute Gasteiger partial charge is 0.321 e. The van der Waals surface area contributed by atoms with Crippen molar-refractivity contribution >= 4 is 27.9 Å². The van der Waals surface area contributed by atoms with E-state index in [2.05, 4.69) is 36.3 Å². The van der Waals surface area contributed by atoms with Crippen LogP contribution in [0.5, 0.6) is 0 Å². The molecule has 6 heteroatoms. The van der Waals surface area contributed by atoms with E-state index in [-0.39, 0.29) is 11.8 Å². The van der Waals surface area contributed by atoms with Crippen LogP contribution in [0.3, 0.4) is 0 Å². The fraction of sp³-hybridized carbons (Fsp3) is 0.353. The lowest BCUT2D eigenvalue weighted by molar-refractivity contribution is 0.102. The maximum Gasteiger partial charge on any atom is 0.267 e. The van der Waals surface area contributed by atoms with Crippen molar-refractivity contribution in [3.8, 4) is 0 Å².